The van der Waals surface area contributed by atoms with Crippen molar-refractivity contribution in [3.05, 3.63) is 48.5 Å². The zero-order valence-electron chi connectivity index (χ0n) is 14.8. The molecule has 1 atom stereocenters. The van der Waals surface area contributed by atoms with Crippen LogP contribution in [0.1, 0.15) is 31.2 Å². The smallest absolute Gasteiger partial charge is 0.0991 e. The van der Waals surface area contributed by atoms with E-state index >= 15 is 0 Å². The molecular weight excluding hydrogens is 312 g/mol. The van der Waals surface area contributed by atoms with Crippen molar-refractivity contribution in [1.29, 1.82) is 0 Å². The first kappa shape index (κ1) is 16.8. The molecule has 2 aliphatic rings. The van der Waals surface area contributed by atoms with E-state index in [1.807, 2.05) is 17.1 Å². The second kappa shape index (κ2) is 7.28. The van der Waals surface area contributed by atoms with Crippen molar-refractivity contribution in [2.75, 3.05) is 32.7 Å². The van der Waals surface area contributed by atoms with Crippen LogP contribution in [0.15, 0.2) is 43.0 Å². The number of imidazole rings is 1. The normalized spacial score (nSPS) is 25.5. The van der Waals surface area contributed by atoms with Crippen molar-refractivity contribution in [2.45, 2.75) is 37.8 Å². The summed E-state index contributed by atoms with van der Waals surface area (Å²) < 4.78 is 2.01. The number of aliphatic hydroxyl groups is 1. The Hall–Kier alpha value is -1.69. The molecule has 0 unspecified atom stereocenters. The summed E-state index contributed by atoms with van der Waals surface area (Å²) in [7, 11) is 0. The molecule has 0 radical (unpaired) electrons. The van der Waals surface area contributed by atoms with Crippen molar-refractivity contribution in [1.82, 2.24) is 19.4 Å². The zero-order valence-corrected chi connectivity index (χ0v) is 14.8. The van der Waals surface area contributed by atoms with Crippen molar-refractivity contribution >= 4 is 0 Å². The van der Waals surface area contributed by atoms with Crippen LogP contribution in [0, 0.1) is 0 Å². The topological polar surface area (TPSA) is 44.5 Å². The second-order valence-electron chi connectivity index (χ2n) is 7.66. The number of hydrogen-bond donors (Lipinski definition) is 1. The van der Waals surface area contributed by atoms with Gasteiger partial charge in [-0.15, -0.1) is 0 Å². The van der Waals surface area contributed by atoms with Crippen LogP contribution in [-0.4, -0.2) is 62.8 Å². The van der Waals surface area contributed by atoms with Gasteiger partial charge in [-0.25, -0.2) is 4.98 Å². The highest BCUT2D eigenvalue weighted by Crippen LogP contribution is 2.25. The highest BCUT2D eigenvalue weighted by atomic mass is 16.3. The third kappa shape index (κ3) is 4.11. The van der Waals surface area contributed by atoms with E-state index in [2.05, 4.69) is 39.0 Å². The molecule has 134 valence electrons. The van der Waals surface area contributed by atoms with Gasteiger partial charge in [-0.1, -0.05) is 12.1 Å². The zero-order chi connectivity index (χ0) is 17.1. The van der Waals surface area contributed by atoms with E-state index in [4.69, 9.17) is 0 Å². The van der Waals surface area contributed by atoms with Gasteiger partial charge in [0.15, 0.2) is 0 Å². The van der Waals surface area contributed by atoms with E-state index in [0.717, 1.165) is 57.8 Å². The molecule has 5 heteroatoms. The van der Waals surface area contributed by atoms with Crippen LogP contribution in [0.4, 0.5) is 0 Å². The lowest BCUT2D eigenvalue weighted by molar-refractivity contribution is -0.0519. The number of piperidine rings is 1. The van der Waals surface area contributed by atoms with Gasteiger partial charge in [0.25, 0.3) is 0 Å². The first-order valence-corrected chi connectivity index (χ1v) is 9.45. The first-order chi connectivity index (χ1) is 12.2. The van der Waals surface area contributed by atoms with Crippen LogP contribution >= 0.6 is 0 Å². The van der Waals surface area contributed by atoms with Gasteiger partial charge in [-0.2, -0.15) is 0 Å². The van der Waals surface area contributed by atoms with E-state index < -0.39 is 5.60 Å². The van der Waals surface area contributed by atoms with E-state index in [9.17, 15) is 5.11 Å². The molecule has 0 spiro atoms. The van der Waals surface area contributed by atoms with Crippen molar-refractivity contribution < 1.29 is 5.11 Å². The lowest BCUT2D eigenvalue weighted by Crippen LogP contribution is -2.53. The molecule has 0 bridgehead atoms. The standard InChI is InChI=1S/C20H28N4O/c25-20(15-22-10-1-2-11-22)8-3-12-23(16-20)14-18-4-6-19(7-5-18)24-13-9-21-17-24/h4-7,9,13,17,25H,1-3,8,10-12,14-16H2/t20-/m1/s1. The van der Waals surface area contributed by atoms with Gasteiger partial charge in [0.2, 0.25) is 0 Å². The summed E-state index contributed by atoms with van der Waals surface area (Å²) in [6.45, 7) is 5.91. The van der Waals surface area contributed by atoms with Crippen molar-refractivity contribution in [3.63, 3.8) is 0 Å². The molecule has 2 saturated heterocycles. The van der Waals surface area contributed by atoms with E-state index in [1.54, 1.807) is 6.20 Å². The van der Waals surface area contributed by atoms with Crippen molar-refractivity contribution in [3.8, 4) is 5.69 Å². The Bertz CT molecular complexity index is 664. The van der Waals surface area contributed by atoms with E-state index in [0.29, 0.717) is 0 Å². The average Bonchev–Trinajstić information content (AvgIpc) is 3.29. The molecule has 0 saturated carbocycles. The Balaban J connectivity index is 1.36. The SMILES string of the molecule is O[C@@]1(CN2CCCC2)CCCN(Cc2ccc(-n3ccnc3)cc2)C1. The fraction of sp³-hybridized carbons (Fsp3) is 0.550. The Morgan fingerprint density at radius 2 is 1.76 bits per heavy atom. The van der Waals surface area contributed by atoms with Crippen LogP contribution in [-0.2, 0) is 6.54 Å². The largest absolute Gasteiger partial charge is 0.387 e. The molecule has 2 aromatic rings. The molecule has 5 nitrogen and oxygen atoms in total. The van der Waals surface area contributed by atoms with Gasteiger partial charge >= 0.3 is 0 Å². The summed E-state index contributed by atoms with van der Waals surface area (Å²) in [5.41, 5.74) is 1.89. The summed E-state index contributed by atoms with van der Waals surface area (Å²) >= 11 is 0. The predicted octanol–water partition coefficient (Wildman–Crippen LogP) is 2.29. The molecule has 1 aromatic carbocycles. The third-order valence-electron chi connectivity index (χ3n) is 5.50. The lowest BCUT2D eigenvalue weighted by Gasteiger charge is -2.41. The monoisotopic (exact) mass is 340 g/mol. The number of aromatic nitrogens is 2. The fourth-order valence-electron chi connectivity index (χ4n) is 4.27. The van der Waals surface area contributed by atoms with Crippen LogP contribution in [0.25, 0.3) is 5.69 Å². The molecule has 3 heterocycles. The molecule has 2 fully saturated rings. The van der Waals surface area contributed by atoms with E-state index in [1.165, 1.54) is 18.4 Å². The summed E-state index contributed by atoms with van der Waals surface area (Å²) in [4.78, 5) is 8.94. The number of β-amino-alcohol motifs (C(OH)–C–C–N with tert-alkyl or cyclic N) is 1. The van der Waals surface area contributed by atoms with Gasteiger partial charge < -0.3 is 14.6 Å². The predicted molar refractivity (Wildman–Crippen MR) is 98.7 cm³/mol. The Kier molecular flexibility index (Phi) is 4.88. The maximum Gasteiger partial charge on any atom is 0.0991 e. The van der Waals surface area contributed by atoms with Crippen LogP contribution in [0.3, 0.4) is 0 Å². The Morgan fingerprint density at radius 3 is 2.48 bits per heavy atom. The fourth-order valence-corrected chi connectivity index (χ4v) is 4.27. The van der Waals surface area contributed by atoms with Crippen LogP contribution < -0.4 is 0 Å². The molecule has 1 aromatic heterocycles. The number of nitrogens with zero attached hydrogens (tertiary/aromatic N) is 4. The molecule has 0 aliphatic carbocycles. The van der Waals surface area contributed by atoms with Gasteiger partial charge in [-0.05, 0) is 63.0 Å². The molecule has 25 heavy (non-hydrogen) atoms. The molecule has 4 rings (SSSR count). The molecule has 1 N–H and O–H groups in total. The summed E-state index contributed by atoms with van der Waals surface area (Å²) in [5.74, 6) is 0. The second-order valence-corrected chi connectivity index (χ2v) is 7.66. The Morgan fingerprint density at radius 1 is 1.00 bits per heavy atom. The van der Waals surface area contributed by atoms with Gasteiger partial charge in [0, 0.05) is 37.7 Å². The number of benzene rings is 1. The highest BCUT2D eigenvalue weighted by molar-refractivity contribution is 5.34. The highest BCUT2D eigenvalue weighted by Gasteiger charge is 2.35. The number of rotatable bonds is 5. The summed E-state index contributed by atoms with van der Waals surface area (Å²) in [5, 5.41) is 11.1. The van der Waals surface area contributed by atoms with Gasteiger partial charge in [0.05, 0.1) is 11.9 Å². The minimum Gasteiger partial charge on any atom is -0.387 e. The summed E-state index contributed by atoms with van der Waals surface area (Å²) in [6, 6.07) is 8.64. The van der Waals surface area contributed by atoms with Crippen molar-refractivity contribution in [2.24, 2.45) is 0 Å². The average molecular weight is 340 g/mol. The minimum absolute atomic E-state index is 0.542. The van der Waals surface area contributed by atoms with Crippen LogP contribution in [0.2, 0.25) is 0 Å². The molecule has 0 amide bonds. The number of hydrogen-bond acceptors (Lipinski definition) is 4. The number of likely N-dealkylation sites (tertiary alicyclic amines) is 2. The lowest BCUT2D eigenvalue weighted by atomic mass is 9.92. The first-order valence-electron chi connectivity index (χ1n) is 9.45. The molecular formula is C20H28N4O. The summed E-state index contributed by atoms with van der Waals surface area (Å²) in [6.07, 6.45) is 10.1. The maximum absolute atomic E-state index is 11.1. The third-order valence-corrected chi connectivity index (χ3v) is 5.50. The van der Waals surface area contributed by atoms with Gasteiger partial charge in [0.1, 0.15) is 0 Å². The van der Waals surface area contributed by atoms with Gasteiger partial charge in [-0.3, -0.25) is 4.90 Å². The van der Waals surface area contributed by atoms with E-state index in [-0.39, 0.29) is 0 Å². The Labute approximate surface area is 149 Å². The van der Waals surface area contributed by atoms with Crippen LogP contribution in [0.5, 0.6) is 0 Å². The minimum atomic E-state index is -0.542. The quantitative estimate of drug-likeness (QED) is 0.907. The molecule has 2 aliphatic heterocycles. The maximum atomic E-state index is 11.1.